The maximum Gasteiger partial charge on any atom is 0.405 e. The van der Waals surface area contributed by atoms with E-state index in [4.69, 9.17) is 0 Å². The van der Waals surface area contributed by atoms with Gasteiger partial charge in [0, 0.05) is 16.9 Å². The van der Waals surface area contributed by atoms with Crippen molar-refractivity contribution in [3.63, 3.8) is 0 Å². The number of carbonyl (C=O) groups excluding carboxylic acids is 1. The Bertz CT molecular complexity index is 959. The maximum absolute atomic E-state index is 13.8. The molecule has 1 aliphatic rings. The predicted octanol–water partition coefficient (Wildman–Crippen LogP) is 2.33. The van der Waals surface area contributed by atoms with Crippen molar-refractivity contribution < 1.29 is 23.7 Å². The summed E-state index contributed by atoms with van der Waals surface area (Å²) in [5.41, 5.74) is 2.11. The van der Waals surface area contributed by atoms with Gasteiger partial charge in [-0.1, -0.05) is 6.07 Å². The molecule has 0 spiro atoms. The van der Waals surface area contributed by atoms with Crippen LogP contribution in [-0.2, 0) is 10.5 Å². The zero-order chi connectivity index (χ0) is 21.2. The number of benzene rings is 1. The van der Waals surface area contributed by atoms with Gasteiger partial charge in [-0.2, -0.15) is 5.26 Å². The fraction of sp³-hybridized carbons (Fsp3) is 0.500. The van der Waals surface area contributed by atoms with Gasteiger partial charge >= 0.3 is 6.09 Å². The maximum atomic E-state index is 13.8. The summed E-state index contributed by atoms with van der Waals surface area (Å²) in [6.07, 6.45) is -2.73. The third-order valence-electron chi connectivity index (χ3n) is 4.82. The Morgan fingerprint density at radius 2 is 2.21 bits per heavy atom. The van der Waals surface area contributed by atoms with E-state index < -0.39 is 35.0 Å². The van der Waals surface area contributed by atoms with E-state index in [1.807, 2.05) is 12.1 Å². The molecule has 3 atom stereocenters. The lowest BCUT2D eigenvalue weighted by molar-refractivity contribution is -0.134. The molecule has 2 amide bonds. The van der Waals surface area contributed by atoms with Crippen LogP contribution in [0.2, 0.25) is 0 Å². The number of halogens is 1. The summed E-state index contributed by atoms with van der Waals surface area (Å²) in [4.78, 5) is 25.5. The normalized spacial score (nSPS) is 20.4. The van der Waals surface area contributed by atoms with E-state index in [2.05, 4.69) is 20.3 Å². The van der Waals surface area contributed by atoms with Gasteiger partial charge in [0.15, 0.2) is 0 Å². The van der Waals surface area contributed by atoms with Crippen molar-refractivity contribution in [3.8, 4) is 6.07 Å². The molecule has 2 heterocycles. The minimum atomic E-state index is -1.36. The van der Waals surface area contributed by atoms with E-state index in [9.17, 15) is 24.3 Å². The summed E-state index contributed by atoms with van der Waals surface area (Å²) in [5.74, 6) is -0.137. The minimum absolute atomic E-state index is 0.0681. The van der Waals surface area contributed by atoms with Gasteiger partial charge in [0.05, 0.1) is 12.6 Å². The number of nitrogens with zero attached hydrogens (tertiary/aromatic N) is 4. The number of alkyl halides is 1. The minimum Gasteiger partial charge on any atom is -0.465 e. The lowest BCUT2D eigenvalue weighted by Crippen LogP contribution is -2.58. The third-order valence-corrected chi connectivity index (χ3v) is 6.28. The van der Waals surface area contributed by atoms with Gasteiger partial charge in [-0.25, -0.2) is 13.8 Å². The van der Waals surface area contributed by atoms with Crippen molar-refractivity contribution in [2.24, 2.45) is 0 Å². The molecule has 154 valence electrons. The van der Waals surface area contributed by atoms with Gasteiger partial charge in [0.1, 0.15) is 29.3 Å². The molecule has 3 rings (SSSR count). The molecule has 1 aromatic heterocycles. The Morgan fingerprint density at radius 1 is 1.48 bits per heavy atom. The molecule has 2 aromatic rings. The van der Waals surface area contributed by atoms with E-state index in [-0.39, 0.29) is 13.0 Å². The lowest BCUT2D eigenvalue weighted by atomic mass is 10.0. The van der Waals surface area contributed by atoms with Crippen LogP contribution in [-0.4, -0.2) is 61.9 Å². The van der Waals surface area contributed by atoms with Crippen molar-refractivity contribution in [1.82, 2.24) is 20.5 Å². The summed E-state index contributed by atoms with van der Waals surface area (Å²) in [6, 6.07) is 5.27. The van der Waals surface area contributed by atoms with Gasteiger partial charge in [-0.05, 0) is 41.9 Å². The van der Waals surface area contributed by atoms with Crippen molar-refractivity contribution in [1.29, 1.82) is 5.26 Å². The molecule has 2 N–H and O–H groups in total. The highest BCUT2D eigenvalue weighted by Crippen LogP contribution is 2.34. The van der Waals surface area contributed by atoms with Crippen molar-refractivity contribution in [3.05, 3.63) is 23.8 Å². The molecule has 1 aliphatic heterocycles. The van der Waals surface area contributed by atoms with Crippen molar-refractivity contribution >= 4 is 34.8 Å². The molecule has 0 saturated carbocycles. The Kier molecular flexibility index (Phi) is 5.93. The van der Waals surface area contributed by atoms with Crippen LogP contribution in [0, 0.1) is 11.3 Å². The quantitative estimate of drug-likeness (QED) is 0.726. The first kappa shape index (κ1) is 20.9. The second kappa shape index (κ2) is 8.24. The van der Waals surface area contributed by atoms with E-state index in [0.717, 1.165) is 10.5 Å². The van der Waals surface area contributed by atoms with Crippen LogP contribution < -0.4 is 5.32 Å². The number of fused-ring (bicyclic) bond motifs is 1. The first-order valence-corrected chi connectivity index (χ1v) is 9.88. The number of carboxylic acid groups (broad SMARTS) is 1. The highest BCUT2D eigenvalue weighted by molar-refractivity contribution is 7.99. The van der Waals surface area contributed by atoms with Crippen LogP contribution in [0.15, 0.2) is 22.8 Å². The standard InChI is InChI=1S/C18H20FN5O4S/c1-18(2,29-9-10-3-4-13-14(5-10)23-28-22-13)15(21-17(26)27)16(25)24-8-11(19)6-12(24)7-20/h3-5,11-12,15,21H,6,8-9H2,1-2H3,(H,26,27)/t11-,12-,15+/m0/s1. The average molecular weight is 421 g/mol. The van der Waals surface area contributed by atoms with Crippen LogP contribution in [0.4, 0.5) is 9.18 Å². The van der Waals surface area contributed by atoms with Gasteiger partial charge in [0.25, 0.3) is 0 Å². The Balaban J connectivity index is 1.77. The smallest absolute Gasteiger partial charge is 0.405 e. The molecule has 0 bridgehead atoms. The molecule has 11 heteroatoms. The number of nitriles is 1. The molecular weight excluding hydrogens is 401 g/mol. The average Bonchev–Trinajstić information content (AvgIpc) is 3.29. The van der Waals surface area contributed by atoms with Crippen molar-refractivity contribution in [2.75, 3.05) is 6.54 Å². The zero-order valence-corrected chi connectivity index (χ0v) is 16.6. The summed E-state index contributed by atoms with van der Waals surface area (Å²) >= 11 is 1.36. The molecule has 0 radical (unpaired) electrons. The van der Waals surface area contributed by atoms with Gasteiger partial charge in [-0.3, -0.25) is 4.79 Å². The van der Waals surface area contributed by atoms with E-state index >= 15 is 0 Å². The van der Waals surface area contributed by atoms with E-state index in [1.165, 1.54) is 11.8 Å². The number of rotatable bonds is 6. The van der Waals surface area contributed by atoms with E-state index in [0.29, 0.717) is 16.8 Å². The predicted molar refractivity (Wildman–Crippen MR) is 103 cm³/mol. The number of nitrogens with one attached hydrogen (secondary N) is 1. The summed E-state index contributed by atoms with van der Waals surface area (Å²) in [6.45, 7) is 3.25. The number of likely N-dealkylation sites (tertiary alicyclic amines) is 1. The molecule has 29 heavy (non-hydrogen) atoms. The number of hydrogen-bond donors (Lipinski definition) is 2. The van der Waals surface area contributed by atoms with Crippen LogP contribution in [0.25, 0.3) is 11.0 Å². The SMILES string of the molecule is CC(C)(SCc1ccc2nonc2c1)[C@H](NC(=O)O)C(=O)N1C[C@@H](F)C[C@H]1C#N. The lowest BCUT2D eigenvalue weighted by Gasteiger charge is -2.35. The second-order valence-corrected chi connectivity index (χ2v) is 8.96. The van der Waals surface area contributed by atoms with Gasteiger partial charge in [-0.15, -0.1) is 11.8 Å². The molecule has 0 unspecified atom stereocenters. The largest absolute Gasteiger partial charge is 0.465 e. The van der Waals surface area contributed by atoms with Gasteiger partial charge < -0.3 is 15.3 Å². The van der Waals surface area contributed by atoms with Crippen LogP contribution >= 0.6 is 11.8 Å². The van der Waals surface area contributed by atoms with Crippen LogP contribution in [0.5, 0.6) is 0 Å². The first-order chi connectivity index (χ1) is 13.7. The zero-order valence-electron chi connectivity index (χ0n) is 15.8. The topological polar surface area (TPSA) is 132 Å². The second-order valence-electron chi connectivity index (χ2n) is 7.33. The van der Waals surface area contributed by atoms with Gasteiger partial charge in [0.2, 0.25) is 5.91 Å². The summed E-state index contributed by atoms with van der Waals surface area (Å²) in [7, 11) is 0. The summed E-state index contributed by atoms with van der Waals surface area (Å²) < 4.78 is 17.6. The van der Waals surface area contributed by atoms with Crippen LogP contribution in [0.1, 0.15) is 25.8 Å². The number of aromatic nitrogens is 2. The molecule has 1 saturated heterocycles. The molecule has 0 aliphatic carbocycles. The Hall–Kier alpha value is -2.87. The first-order valence-electron chi connectivity index (χ1n) is 8.90. The number of carbonyl (C=O) groups is 2. The molecule has 9 nitrogen and oxygen atoms in total. The van der Waals surface area contributed by atoms with Crippen molar-refractivity contribution in [2.45, 2.75) is 49.0 Å². The van der Waals surface area contributed by atoms with E-state index in [1.54, 1.807) is 26.0 Å². The Morgan fingerprint density at radius 3 is 2.90 bits per heavy atom. The molecular formula is C18H20FN5O4S. The van der Waals surface area contributed by atoms with Crippen LogP contribution in [0.3, 0.4) is 0 Å². The Labute approximate surface area is 170 Å². The summed E-state index contributed by atoms with van der Waals surface area (Å²) in [5, 5.41) is 28.2. The highest BCUT2D eigenvalue weighted by atomic mass is 32.2. The molecule has 1 fully saturated rings. The fourth-order valence-corrected chi connectivity index (χ4v) is 4.29. The fourth-order valence-electron chi connectivity index (χ4n) is 3.24. The highest BCUT2D eigenvalue weighted by Gasteiger charge is 2.44. The number of hydrogen-bond acceptors (Lipinski definition) is 7. The third kappa shape index (κ3) is 4.59. The number of amides is 2. The number of thioether (sulfide) groups is 1. The monoisotopic (exact) mass is 421 g/mol. The molecule has 1 aromatic carbocycles.